The number of nitrogens with two attached hydrogens (primary N) is 1. The van der Waals surface area contributed by atoms with Crippen LogP contribution in [0.2, 0.25) is 0 Å². The van der Waals surface area contributed by atoms with Gasteiger partial charge >= 0.3 is 17.7 Å². The molecular weight excluding hydrogens is 348 g/mol. The lowest BCUT2D eigenvalue weighted by atomic mass is 9.98. The highest BCUT2D eigenvalue weighted by molar-refractivity contribution is 6.03. The van der Waals surface area contributed by atoms with Gasteiger partial charge in [0.25, 0.3) is 0 Å². The molecule has 0 spiro atoms. The van der Waals surface area contributed by atoms with Crippen LogP contribution in [0.5, 0.6) is 0 Å². The molecule has 2 aliphatic rings. The first-order chi connectivity index (χ1) is 13.1. The van der Waals surface area contributed by atoms with Gasteiger partial charge in [-0.3, -0.25) is 0 Å². The molecule has 138 valence electrons. The highest BCUT2D eigenvalue weighted by Crippen LogP contribution is 2.44. The Morgan fingerprint density at radius 2 is 1.70 bits per heavy atom. The average molecular weight is 366 g/mol. The highest BCUT2D eigenvalue weighted by Gasteiger charge is 2.54. The van der Waals surface area contributed by atoms with Crippen LogP contribution < -0.4 is 11.1 Å². The van der Waals surface area contributed by atoms with E-state index in [4.69, 9.17) is 15.2 Å². The first-order valence-corrected chi connectivity index (χ1v) is 8.51. The number of carbonyl (C=O) groups excluding carboxylic acids is 1. The third kappa shape index (κ3) is 2.63. The van der Waals surface area contributed by atoms with E-state index in [1.54, 1.807) is 0 Å². The van der Waals surface area contributed by atoms with Crippen molar-refractivity contribution in [3.05, 3.63) is 71.6 Å². The van der Waals surface area contributed by atoms with Crippen LogP contribution in [-0.4, -0.2) is 35.9 Å². The van der Waals surface area contributed by atoms with Crippen molar-refractivity contribution in [3.63, 3.8) is 0 Å². The number of carboxylic acid groups (broad SMARTS) is 1. The SMILES string of the molecule is NCC1=COC(C(=O)O)(C(=O)OCC2c3ccccc3-c3ccccc32)N1. The maximum absolute atomic E-state index is 12.6. The molecule has 2 aromatic rings. The molecule has 27 heavy (non-hydrogen) atoms. The lowest BCUT2D eigenvalue weighted by Gasteiger charge is -2.24. The Morgan fingerprint density at radius 3 is 2.22 bits per heavy atom. The molecule has 4 N–H and O–H groups in total. The second-order valence-electron chi connectivity index (χ2n) is 6.40. The first kappa shape index (κ1) is 17.1. The Labute approximate surface area is 155 Å². The number of benzene rings is 2. The molecule has 1 aliphatic heterocycles. The number of carboxylic acids is 1. The normalized spacial score (nSPS) is 20.1. The maximum Gasteiger partial charge on any atom is 0.385 e. The summed E-state index contributed by atoms with van der Waals surface area (Å²) in [6.45, 7) is 0.0244. The number of carbonyl (C=O) groups is 2. The summed E-state index contributed by atoms with van der Waals surface area (Å²) >= 11 is 0. The van der Waals surface area contributed by atoms with E-state index in [-0.39, 0.29) is 19.1 Å². The zero-order chi connectivity index (χ0) is 19.0. The van der Waals surface area contributed by atoms with Gasteiger partial charge < -0.3 is 25.6 Å². The first-order valence-electron chi connectivity index (χ1n) is 8.51. The van der Waals surface area contributed by atoms with Crippen molar-refractivity contribution in [2.45, 2.75) is 11.6 Å². The van der Waals surface area contributed by atoms with Crippen LogP contribution in [0, 0.1) is 0 Å². The molecule has 1 heterocycles. The summed E-state index contributed by atoms with van der Waals surface area (Å²) in [5.41, 5.74) is 7.74. The fourth-order valence-corrected chi connectivity index (χ4v) is 3.53. The smallest absolute Gasteiger partial charge is 0.385 e. The Balaban J connectivity index is 1.57. The molecule has 2 aromatic carbocycles. The fraction of sp³-hybridized carbons (Fsp3) is 0.200. The van der Waals surface area contributed by atoms with E-state index in [2.05, 4.69) is 5.32 Å². The zero-order valence-corrected chi connectivity index (χ0v) is 14.3. The summed E-state index contributed by atoms with van der Waals surface area (Å²) in [4.78, 5) is 24.2. The number of ether oxygens (including phenoxy) is 2. The molecule has 4 rings (SSSR count). The van der Waals surface area contributed by atoms with E-state index < -0.39 is 17.7 Å². The van der Waals surface area contributed by atoms with Gasteiger partial charge in [-0.15, -0.1) is 0 Å². The summed E-state index contributed by atoms with van der Waals surface area (Å²) in [6, 6.07) is 15.8. The molecule has 1 atom stereocenters. The average Bonchev–Trinajstić information content (AvgIpc) is 3.27. The van der Waals surface area contributed by atoms with E-state index in [1.807, 2.05) is 48.5 Å². The molecule has 0 radical (unpaired) electrons. The van der Waals surface area contributed by atoms with Crippen molar-refractivity contribution < 1.29 is 24.2 Å². The standard InChI is InChI=1S/C20H18N2O5/c21-9-12-10-27-20(22-12,18(23)24)19(25)26-11-17-15-7-3-1-5-13(15)14-6-2-4-8-16(14)17/h1-8,10,17,22H,9,11,21H2,(H,23,24). The monoisotopic (exact) mass is 366 g/mol. The van der Waals surface area contributed by atoms with Crippen LogP contribution in [0.3, 0.4) is 0 Å². The lowest BCUT2D eigenvalue weighted by Crippen LogP contribution is -2.57. The van der Waals surface area contributed by atoms with E-state index in [0.717, 1.165) is 28.5 Å². The summed E-state index contributed by atoms with van der Waals surface area (Å²) in [7, 11) is 0. The van der Waals surface area contributed by atoms with Crippen LogP contribution >= 0.6 is 0 Å². The van der Waals surface area contributed by atoms with Crippen molar-refractivity contribution in [2.24, 2.45) is 5.73 Å². The van der Waals surface area contributed by atoms with Gasteiger partial charge in [-0.2, -0.15) is 0 Å². The molecule has 1 unspecified atom stereocenters. The number of esters is 1. The number of fused-ring (bicyclic) bond motifs is 3. The van der Waals surface area contributed by atoms with Crippen LogP contribution in [-0.2, 0) is 19.1 Å². The predicted molar refractivity (Wildman–Crippen MR) is 96.4 cm³/mol. The molecule has 0 bridgehead atoms. The highest BCUT2D eigenvalue weighted by atomic mass is 16.6. The third-order valence-corrected chi connectivity index (χ3v) is 4.87. The summed E-state index contributed by atoms with van der Waals surface area (Å²) in [5.74, 6) is -2.67. The van der Waals surface area contributed by atoms with Crippen molar-refractivity contribution >= 4 is 11.9 Å². The Bertz CT molecular complexity index is 909. The number of rotatable bonds is 5. The second-order valence-corrected chi connectivity index (χ2v) is 6.40. The number of hydrogen-bond donors (Lipinski definition) is 3. The maximum atomic E-state index is 12.6. The molecule has 1 aliphatic carbocycles. The van der Waals surface area contributed by atoms with Gasteiger partial charge in [0.2, 0.25) is 0 Å². The molecule has 7 nitrogen and oxygen atoms in total. The van der Waals surface area contributed by atoms with Crippen molar-refractivity contribution in [3.8, 4) is 11.1 Å². The molecule has 0 saturated carbocycles. The van der Waals surface area contributed by atoms with E-state index >= 15 is 0 Å². The van der Waals surface area contributed by atoms with Gasteiger partial charge in [0.05, 0.1) is 5.70 Å². The van der Waals surface area contributed by atoms with Gasteiger partial charge in [0, 0.05) is 12.5 Å². The summed E-state index contributed by atoms with van der Waals surface area (Å²) < 4.78 is 10.5. The molecule has 0 fully saturated rings. The minimum absolute atomic E-state index is 0.00485. The lowest BCUT2D eigenvalue weighted by molar-refractivity contribution is -0.181. The fourth-order valence-electron chi connectivity index (χ4n) is 3.53. The van der Waals surface area contributed by atoms with Crippen LogP contribution in [0.15, 0.2) is 60.5 Å². The molecular formula is C20H18N2O5. The van der Waals surface area contributed by atoms with Gasteiger partial charge in [0.1, 0.15) is 12.9 Å². The quantitative estimate of drug-likeness (QED) is 0.544. The summed E-state index contributed by atoms with van der Waals surface area (Å²) in [5, 5.41) is 12.0. The number of aliphatic carboxylic acids is 1. The largest absolute Gasteiger partial charge is 0.476 e. The minimum Gasteiger partial charge on any atom is -0.476 e. The minimum atomic E-state index is -2.30. The summed E-state index contributed by atoms with van der Waals surface area (Å²) in [6.07, 6.45) is 1.13. The van der Waals surface area contributed by atoms with Crippen LogP contribution in [0.25, 0.3) is 11.1 Å². The third-order valence-electron chi connectivity index (χ3n) is 4.87. The van der Waals surface area contributed by atoms with E-state index in [0.29, 0.717) is 5.70 Å². The van der Waals surface area contributed by atoms with Crippen molar-refractivity contribution in [1.29, 1.82) is 0 Å². The van der Waals surface area contributed by atoms with Gasteiger partial charge in [0.15, 0.2) is 0 Å². The molecule has 0 saturated heterocycles. The number of hydrogen-bond acceptors (Lipinski definition) is 6. The topological polar surface area (TPSA) is 111 Å². The van der Waals surface area contributed by atoms with Crippen LogP contribution in [0.4, 0.5) is 0 Å². The predicted octanol–water partition coefficient (Wildman–Crippen LogP) is 1.54. The van der Waals surface area contributed by atoms with Crippen molar-refractivity contribution in [1.82, 2.24) is 5.32 Å². The van der Waals surface area contributed by atoms with E-state index in [1.165, 1.54) is 0 Å². The van der Waals surface area contributed by atoms with Gasteiger partial charge in [-0.05, 0) is 22.3 Å². The molecule has 0 aromatic heterocycles. The van der Waals surface area contributed by atoms with Gasteiger partial charge in [-0.1, -0.05) is 48.5 Å². The van der Waals surface area contributed by atoms with E-state index in [9.17, 15) is 14.7 Å². The molecule has 7 heteroatoms. The Morgan fingerprint density at radius 1 is 1.11 bits per heavy atom. The zero-order valence-electron chi connectivity index (χ0n) is 14.3. The Kier molecular flexibility index (Phi) is 4.08. The van der Waals surface area contributed by atoms with Gasteiger partial charge in [-0.25, -0.2) is 9.59 Å². The van der Waals surface area contributed by atoms with Crippen molar-refractivity contribution in [2.75, 3.05) is 13.2 Å². The second kappa shape index (κ2) is 6.44. The number of nitrogens with one attached hydrogen (secondary N) is 1. The Hall–Kier alpha value is -3.32. The van der Waals surface area contributed by atoms with Crippen LogP contribution in [0.1, 0.15) is 17.0 Å². The molecule has 0 amide bonds.